The Balaban J connectivity index is 1.57. The second-order valence-corrected chi connectivity index (χ2v) is 8.90. The number of hydrogen-bond donors (Lipinski definition) is 3. The highest BCUT2D eigenvalue weighted by Gasteiger charge is 2.21. The van der Waals surface area contributed by atoms with Crippen LogP contribution in [0.5, 0.6) is 0 Å². The van der Waals surface area contributed by atoms with Crippen molar-refractivity contribution in [3.8, 4) is 0 Å². The van der Waals surface area contributed by atoms with Gasteiger partial charge in [0.15, 0.2) is 0 Å². The minimum Gasteiger partial charge on any atom is -0.398 e. The number of amides is 1. The first-order valence-corrected chi connectivity index (χ1v) is 11.8. The SMILES string of the molecule is C=C(/C=C(/NC(=C)/N=C\C=C(/N)c1cccnc1)C(=C)C)NC(=O)c1ccc(C2CCN(C)C2)cc1. The van der Waals surface area contributed by atoms with Crippen LogP contribution in [-0.2, 0) is 0 Å². The lowest BCUT2D eigenvalue weighted by Gasteiger charge is -2.13. The molecule has 0 saturated carbocycles. The third-order valence-corrected chi connectivity index (χ3v) is 5.85. The van der Waals surface area contributed by atoms with Crippen molar-refractivity contribution in [1.82, 2.24) is 20.5 Å². The highest BCUT2D eigenvalue weighted by atomic mass is 16.1. The van der Waals surface area contributed by atoms with Gasteiger partial charge >= 0.3 is 0 Å². The van der Waals surface area contributed by atoms with Gasteiger partial charge in [-0.15, -0.1) is 0 Å². The average molecular weight is 483 g/mol. The molecule has 4 N–H and O–H groups in total. The van der Waals surface area contributed by atoms with Crippen molar-refractivity contribution < 1.29 is 4.79 Å². The van der Waals surface area contributed by atoms with Gasteiger partial charge in [0.05, 0.1) is 0 Å². The van der Waals surface area contributed by atoms with Crippen molar-refractivity contribution >= 4 is 17.8 Å². The molecule has 1 saturated heterocycles. The van der Waals surface area contributed by atoms with Gasteiger partial charge in [-0.05, 0) is 80.4 Å². The molecule has 1 aliphatic rings. The van der Waals surface area contributed by atoms with Crippen LogP contribution in [0, 0.1) is 0 Å². The fraction of sp³-hybridized carbons (Fsp3) is 0.207. The number of rotatable bonds is 10. The van der Waals surface area contributed by atoms with E-state index in [-0.39, 0.29) is 5.91 Å². The Morgan fingerprint density at radius 1 is 1.17 bits per heavy atom. The van der Waals surface area contributed by atoms with E-state index in [1.54, 1.807) is 30.8 Å². The van der Waals surface area contributed by atoms with E-state index < -0.39 is 0 Å². The van der Waals surface area contributed by atoms with Gasteiger partial charge in [-0.1, -0.05) is 31.9 Å². The molecule has 1 atom stereocenters. The summed E-state index contributed by atoms with van der Waals surface area (Å²) in [5.41, 5.74) is 11.0. The number of aromatic nitrogens is 1. The molecular formula is C29H34N6O. The summed E-state index contributed by atoms with van der Waals surface area (Å²) >= 11 is 0. The smallest absolute Gasteiger partial charge is 0.255 e. The van der Waals surface area contributed by atoms with Gasteiger partial charge in [0, 0.05) is 53.4 Å². The maximum atomic E-state index is 12.7. The zero-order valence-corrected chi connectivity index (χ0v) is 21.0. The molecule has 3 rings (SSSR count). The summed E-state index contributed by atoms with van der Waals surface area (Å²) < 4.78 is 0. The molecule has 186 valence electrons. The summed E-state index contributed by atoms with van der Waals surface area (Å²) in [7, 11) is 2.13. The van der Waals surface area contributed by atoms with Crippen LogP contribution in [0.2, 0.25) is 0 Å². The van der Waals surface area contributed by atoms with Gasteiger partial charge in [0.2, 0.25) is 0 Å². The summed E-state index contributed by atoms with van der Waals surface area (Å²) in [4.78, 5) is 23.4. The number of likely N-dealkylation sites (N-methyl/N-ethyl adjacent to an activating group) is 1. The molecule has 2 heterocycles. The molecule has 1 amide bonds. The number of nitrogens with two attached hydrogens (primary N) is 1. The number of hydrogen-bond acceptors (Lipinski definition) is 6. The normalized spacial score (nSPS) is 16.7. The van der Waals surface area contributed by atoms with Crippen LogP contribution >= 0.6 is 0 Å². The van der Waals surface area contributed by atoms with Crippen LogP contribution in [0.3, 0.4) is 0 Å². The fourth-order valence-electron chi connectivity index (χ4n) is 3.83. The van der Waals surface area contributed by atoms with Crippen molar-refractivity contribution in [2.75, 3.05) is 20.1 Å². The quantitative estimate of drug-likeness (QED) is 0.346. The fourth-order valence-corrected chi connectivity index (χ4v) is 3.83. The van der Waals surface area contributed by atoms with E-state index >= 15 is 0 Å². The zero-order chi connectivity index (χ0) is 26.1. The monoisotopic (exact) mass is 482 g/mol. The highest BCUT2D eigenvalue weighted by molar-refractivity contribution is 5.95. The third kappa shape index (κ3) is 7.65. The van der Waals surface area contributed by atoms with E-state index in [9.17, 15) is 4.79 Å². The van der Waals surface area contributed by atoms with Gasteiger partial charge in [0.25, 0.3) is 5.91 Å². The molecule has 1 aromatic heterocycles. The van der Waals surface area contributed by atoms with E-state index in [1.807, 2.05) is 43.3 Å². The second-order valence-electron chi connectivity index (χ2n) is 8.90. The third-order valence-electron chi connectivity index (χ3n) is 5.85. The maximum Gasteiger partial charge on any atom is 0.255 e. The predicted molar refractivity (Wildman–Crippen MR) is 148 cm³/mol. The lowest BCUT2D eigenvalue weighted by molar-refractivity contribution is 0.0967. The molecule has 0 spiro atoms. The van der Waals surface area contributed by atoms with Gasteiger partial charge in [-0.25, -0.2) is 4.99 Å². The molecule has 7 heteroatoms. The van der Waals surface area contributed by atoms with E-state index in [1.165, 1.54) is 5.56 Å². The molecule has 0 radical (unpaired) electrons. The first-order chi connectivity index (χ1) is 17.2. The van der Waals surface area contributed by atoms with Gasteiger partial charge < -0.3 is 21.3 Å². The molecule has 1 fully saturated rings. The highest BCUT2D eigenvalue weighted by Crippen LogP contribution is 2.26. The number of carbonyl (C=O) groups excluding carboxylic acids is 1. The molecule has 36 heavy (non-hydrogen) atoms. The minimum absolute atomic E-state index is 0.222. The van der Waals surface area contributed by atoms with Crippen molar-refractivity contribution in [1.29, 1.82) is 0 Å². The summed E-state index contributed by atoms with van der Waals surface area (Å²) in [6.07, 6.45) is 9.43. The Kier molecular flexibility index (Phi) is 9.13. The Bertz CT molecular complexity index is 1210. The standard InChI is InChI=1S/C29H34N6O/c1-20(2)28(34-22(4)32-15-12-27(30)25-7-6-14-31-18-25)17-21(3)33-29(36)24-10-8-23(9-11-24)26-13-16-35(5)19-26/h6-12,14-15,17-18,26,34H,1,3-4,13,16,19,30H2,2,5H3,(H,33,36)/b27-12-,28-17+,32-15-. The van der Waals surface area contributed by atoms with Crippen molar-refractivity contribution in [3.05, 3.63) is 120 Å². The Morgan fingerprint density at radius 2 is 1.92 bits per heavy atom. The number of allylic oxidation sites excluding steroid dienone is 3. The molecule has 1 aromatic carbocycles. The minimum atomic E-state index is -0.222. The molecular weight excluding hydrogens is 448 g/mol. The van der Waals surface area contributed by atoms with Crippen LogP contribution in [0.4, 0.5) is 0 Å². The van der Waals surface area contributed by atoms with E-state index in [2.05, 4.69) is 52.3 Å². The van der Waals surface area contributed by atoms with Crippen molar-refractivity contribution in [3.63, 3.8) is 0 Å². The van der Waals surface area contributed by atoms with Gasteiger partial charge in [-0.3, -0.25) is 9.78 Å². The second kappa shape index (κ2) is 12.5. The Morgan fingerprint density at radius 3 is 2.53 bits per heavy atom. The molecule has 1 aliphatic heterocycles. The largest absolute Gasteiger partial charge is 0.398 e. The number of pyridine rings is 1. The van der Waals surface area contributed by atoms with Crippen LogP contribution < -0.4 is 16.4 Å². The van der Waals surface area contributed by atoms with Gasteiger partial charge in [0.1, 0.15) is 5.82 Å². The summed E-state index contributed by atoms with van der Waals surface area (Å²) in [6, 6.07) is 11.5. The van der Waals surface area contributed by atoms with E-state index in [4.69, 9.17) is 5.73 Å². The number of nitrogens with zero attached hydrogens (tertiary/aromatic N) is 3. The van der Waals surface area contributed by atoms with Gasteiger partial charge in [-0.2, -0.15) is 0 Å². The zero-order valence-electron chi connectivity index (χ0n) is 21.0. The first-order valence-electron chi connectivity index (χ1n) is 11.8. The average Bonchev–Trinajstić information content (AvgIpc) is 3.30. The lowest BCUT2D eigenvalue weighted by atomic mass is 9.97. The summed E-state index contributed by atoms with van der Waals surface area (Å²) in [5.74, 6) is 0.680. The summed E-state index contributed by atoms with van der Waals surface area (Å²) in [5, 5.41) is 5.91. The molecule has 2 aromatic rings. The van der Waals surface area contributed by atoms with E-state index in [0.717, 1.165) is 30.6 Å². The number of carbonyl (C=O) groups is 1. The van der Waals surface area contributed by atoms with Crippen LogP contribution in [0.15, 0.2) is 108 Å². The summed E-state index contributed by atoms with van der Waals surface area (Å²) in [6.45, 7) is 15.8. The van der Waals surface area contributed by atoms with E-state index in [0.29, 0.717) is 34.4 Å². The van der Waals surface area contributed by atoms with Crippen LogP contribution in [0.25, 0.3) is 5.70 Å². The Labute approximate surface area is 213 Å². The van der Waals surface area contributed by atoms with Crippen LogP contribution in [-0.4, -0.2) is 42.1 Å². The Hall–Kier alpha value is -4.23. The lowest BCUT2D eigenvalue weighted by Crippen LogP contribution is -2.22. The molecule has 0 bridgehead atoms. The first kappa shape index (κ1) is 26.4. The molecule has 0 aliphatic carbocycles. The molecule has 1 unspecified atom stereocenters. The number of nitrogens with one attached hydrogen (secondary N) is 2. The van der Waals surface area contributed by atoms with Crippen LogP contribution in [0.1, 0.15) is 40.7 Å². The van der Waals surface area contributed by atoms with Crippen molar-refractivity contribution in [2.45, 2.75) is 19.3 Å². The van der Waals surface area contributed by atoms with Crippen molar-refractivity contribution in [2.24, 2.45) is 10.7 Å². The predicted octanol–water partition coefficient (Wildman–Crippen LogP) is 4.34. The number of likely N-dealkylation sites (tertiary alicyclic amines) is 1. The topological polar surface area (TPSA) is 95.6 Å². The number of benzene rings is 1. The maximum absolute atomic E-state index is 12.7. The number of aliphatic imine (C=N–C) groups is 1. The molecule has 7 nitrogen and oxygen atoms in total.